The van der Waals surface area contributed by atoms with E-state index >= 15 is 0 Å². The number of hydrogen-bond acceptors (Lipinski definition) is 2. The Labute approximate surface area is 92.9 Å². The number of carbonyl (C=O) groups excluding carboxylic acids is 1. The lowest BCUT2D eigenvalue weighted by molar-refractivity contribution is -0.116. The summed E-state index contributed by atoms with van der Waals surface area (Å²) < 4.78 is 0. The van der Waals surface area contributed by atoms with Crippen molar-refractivity contribution in [3.8, 4) is 6.07 Å². The van der Waals surface area contributed by atoms with E-state index in [1.54, 1.807) is 17.0 Å². The summed E-state index contributed by atoms with van der Waals surface area (Å²) in [5.74, 6) is -0.124. The molecule has 3 nitrogen and oxygen atoms in total. The van der Waals surface area contributed by atoms with E-state index in [2.05, 4.69) is 6.07 Å². The number of benzene rings is 1. The van der Waals surface area contributed by atoms with Gasteiger partial charge >= 0.3 is 0 Å². The fourth-order valence-electron chi connectivity index (χ4n) is 1.78. The Balaban J connectivity index is 2.41. The third-order valence-electron chi connectivity index (χ3n) is 2.53. The Hall–Kier alpha value is -1.53. The van der Waals surface area contributed by atoms with Crippen LogP contribution in [-0.4, -0.2) is 18.3 Å². The highest BCUT2D eigenvalue weighted by Crippen LogP contribution is 2.28. The second kappa shape index (κ2) is 3.92. The molecule has 0 unspecified atom stereocenters. The number of alkyl halides is 1. The summed E-state index contributed by atoms with van der Waals surface area (Å²) in [7, 11) is 0. The van der Waals surface area contributed by atoms with Gasteiger partial charge in [-0.2, -0.15) is 5.26 Å². The minimum atomic E-state index is -0.106. The van der Waals surface area contributed by atoms with Crippen molar-refractivity contribution >= 4 is 23.2 Å². The van der Waals surface area contributed by atoms with Crippen molar-refractivity contribution < 1.29 is 4.79 Å². The van der Waals surface area contributed by atoms with Gasteiger partial charge in [0.25, 0.3) is 0 Å². The zero-order valence-electron chi connectivity index (χ0n) is 8.03. The molecular formula is C11H9ClN2O. The lowest BCUT2D eigenvalue weighted by Crippen LogP contribution is -2.29. The van der Waals surface area contributed by atoms with Gasteiger partial charge in [0, 0.05) is 12.2 Å². The lowest BCUT2D eigenvalue weighted by Gasteiger charge is -2.15. The van der Waals surface area contributed by atoms with Crippen LogP contribution < -0.4 is 4.90 Å². The molecule has 0 fully saturated rings. The van der Waals surface area contributed by atoms with Crippen LogP contribution in [0, 0.1) is 11.3 Å². The van der Waals surface area contributed by atoms with Gasteiger partial charge in [-0.25, -0.2) is 0 Å². The van der Waals surface area contributed by atoms with Gasteiger partial charge in [0.1, 0.15) is 5.88 Å². The molecule has 0 spiro atoms. The van der Waals surface area contributed by atoms with Crippen LogP contribution in [0.2, 0.25) is 0 Å². The molecular weight excluding hydrogens is 212 g/mol. The molecule has 1 aromatic carbocycles. The van der Waals surface area contributed by atoms with Crippen molar-refractivity contribution in [1.29, 1.82) is 5.26 Å². The zero-order valence-corrected chi connectivity index (χ0v) is 8.79. The highest BCUT2D eigenvalue weighted by atomic mass is 35.5. The summed E-state index contributed by atoms with van der Waals surface area (Å²) in [5, 5.41) is 8.77. The number of halogens is 1. The van der Waals surface area contributed by atoms with Crippen LogP contribution in [0.25, 0.3) is 0 Å². The first-order valence-electron chi connectivity index (χ1n) is 4.65. The Morgan fingerprint density at radius 2 is 2.40 bits per heavy atom. The molecule has 0 aromatic heterocycles. The highest BCUT2D eigenvalue weighted by molar-refractivity contribution is 6.29. The van der Waals surface area contributed by atoms with Crippen molar-refractivity contribution in [2.24, 2.45) is 0 Å². The number of amides is 1. The van der Waals surface area contributed by atoms with Gasteiger partial charge in [-0.05, 0) is 24.1 Å². The van der Waals surface area contributed by atoms with E-state index in [9.17, 15) is 4.79 Å². The minimum Gasteiger partial charge on any atom is -0.311 e. The molecule has 0 saturated heterocycles. The van der Waals surface area contributed by atoms with Crippen LogP contribution in [0.15, 0.2) is 18.2 Å². The average molecular weight is 221 g/mol. The van der Waals surface area contributed by atoms with E-state index in [1.807, 2.05) is 6.07 Å². The summed E-state index contributed by atoms with van der Waals surface area (Å²) in [6.45, 7) is 0.662. The van der Waals surface area contributed by atoms with Crippen LogP contribution in [0.1, 0.15) is 11.1 Å². The maximum absolute atomic E-state index is 11.5. The molecule has 76 valence electrons. The topological polar surface area (TPSA) is 44.1 Å². The number of hydrogen-bond donors (Lipinski definition) is 0. The largest absolute Gasteiger partial charge is 0.311 e. The second-order valence-electron chi connectivity index (χ2n) is 3.38. The van der Waals surface area contributed by atoms with Crippen LogP contribution in [0.5, 0.6) is 0 Å². The number of fused-ring (bicyclic) bond motifs is 1. The van der Waals surface area contributed by atoms with E-state index in [-0.39, 0.29) is 11.8 Å². The average Bonchev–Trinajstić information content (AvgIpc) is 2.70. The number of nitriles is 1. The number of carbonyl (C=O) groups is 1. The Kier molecular flexibility index (Phi) is 2.61. The van der Waals surface area contributed by atoms with Crippen molar-refractivity contribution in [3.63, 3.8) is 0 Å². The molecule has 0 radical (unpaired) electrons. The van der Waals surface area contributed by atoms with Crippen LogP contribution >= 0.6 is 11.6 Å². The first-order valence-corrected chi connectivity index (χ1v) is 5.19. The monoisotopic (exact) mass is 220 g/mol. The van der Waals surface area contributed by atoms with E-state index in [0.717, 1.165) is 17.7 Å². The molecule has 1 aliphatic heterocycles. The van der Waals surface area contributed by atoms with Gasteiger partial charge in [0.2, 0.25) is 5.91 Å². The van der Waals surface area contributed by atoms with Gasteiger partial charge in [0.05, 0.1) is 11.6 Å². The van der Waals surface area contributed by atoms with Crippen molar-refractivity contribution in [2.75, 3.05) is 17.3 Å². The second-order valence-corrected chi connectivity index (χ2v) is 3.65. The maximum Gasteiger partial charge on any atom is 0.241 e. The fraction of sp³-hybridized carbons (Fsp3) is 0.273. The summed E-state index contributed by atoms with van der Waals surface area (Å²) in [6, 6.07) is 7.48. The zero-order chi connectivity index (χ0) is 10.8. The molecule has 0 atom stereocenters. The van der Waals surface area contributed by atoms with Gasteiger partial charge < -0.3 is 4.90 Å². The molecule has 1 amide bonds. The predicted octanol–water partition coefficient (Wildman–Crippen LogP) is 1.69. The Morgan fingerprint density at radius 1 is 1.60 bits per heavy atom. The number of anilines is 1. The maximum atomic E-state index is 11.5. The standard InChI is InChI=1S/C11H9ClN2O/c12-6-11(15)14-4-3-9-2-1-8(7-13)5-10(9)14/h1-2,5H,3-4,6H2. The van der Waals surface area contributed by atoms with Gasteiger partial charge in [-0.1, -0.05) is 6.07 Å². The quantitative estimate of drug-likeness (QED) is 0.676. The third kappa shape index (κ3) is 1.69. The van der Waals surface area contributed by atoms with Crippen LogP contribution in [0.3, 0.4) is 0 Å². The molecule has 1 aromatic rings. The minimum absolute atomic E-state index is 0.0176. The molecule has 0 N–H and O–H groups in total. The normalized spacial score (nSPS) is 13.5. The van der Waals surface area contributed by atoms with E-state index in [1.165, 1.54) is 0 Å². The molecule has 2 rings (SSSR count). The first-order chi connectivity index (χ1) is 7.26. The predicted molar refractivity (Wildman–Crippen MR) is 57.9 cm³/mol. The molecule has 0 aliphatic carbocycles. The van der Waals surface area contributed by atoms with Crippen LogP contribution in [-0.2, 0) is 11.2 Å². The number of nitrogens with zero attached hydrogens (tertiary/aromatic N) is 2. The van der Waals surface area contributed by atoms with Gasteiger partial charge in [-0.15, -0.1) is 11.6 Å². The fourth-order valence-corrected chi connectivity index (χ4v) is 1.92. The Morgan fingerprint density at radius 3 is 3.07 bits per heavy atom. The molecule has 1 heterocycles. The smallest absolute Gasteiger partial charge is 0.241 e. The SMILES string of the molecule is N#Cc1ccc2c(c1)N(C(=O)CCl)CC2. The van der Waals surface area contributed by atoms with E-state index < -0.39 is 0 Å². The van der Waals surface area contributed by atoms with Crippen molar-refractivity contribution in [3.05, 3.63) is 29.3 Å². The van der Waals surface area contributed by atoms with Gasteiger partial charge in [0.15, 0.2) is 0 Å². The molecule has 1 aliphatic rings. The lowest BCUT2D eigenvalue weighted by atomic mass is 10.1. The molecule has 15 heavy (non-hydrogen) atoms. The van der Waals surface area contributed by atoms with Crippen molar-refractivity contribution in [1.82, 2.24) is 0 Å². The summed E-state index contributed by atoms with van der Waals surface area (Å²) in [6.07, 6.45) is 0.837. The molecule has 4 heteroatoms. The number of rotatable bonds is 1. The molecule has 0 saturated carbocycles. The van der Waals surface area contributed by atoms with Crippen LogP contribution in [0.4, 0.5) is 5.69 Å². The molecule has 0 bridgehead atoms. The Bertz CT molecular complexity index is 450. The third-order valence-corrected chi connectivity index (χ3v) is 2.75. The summed E-state index contributed by atoms with van der Waals surface area (Å²) in [5.41, 5.74) is 2.51. The van der Waals surface area contributed by atoms with Crippen molar-refractivity contribution in [2.45, 2.75) is 6.42 Å². The first kappa shape index (κ1) is 10.0. The van der Waals surface area contributed by atoms with E-state index in [4.69, 9.17) is 16.9 Å². The van der Waals surface area contributed by atoms with E-state index in [0.29, 0.717) is 12.1 Å². The van der Waals surface area contributed by atoms with Gasteiger partial charge in [-0.3, -0.25) is 4.79 Å². The summed E-state index contributed by atoms with van der Waals surface area (Å²) >= 11 is 5.52. The highest BCUT2D eigenvalue weighted by Gasteiger charge is 2.23. The summed E-state index contributed by atoms with van der Waals surface area (Å²) in [4.78, 5) is 13.1.